The Morgan fingerprint density at radius 2 is 1.59 bits per heavy atom. The molecule has 3 N–H and O–H groups in total. The average Bonchev–Trinajstić information content (AvgIpc) is 2.83. The van der Waals surface area contributed by atoms with Gasteiger partial charge in [-0.2, -0.15) is 0 Å². The van der Waals surface area contributed by atoms with Crippen LogP contribution in [0.15, 0.2) is 72.8 Å². The summed E-state index contributed by atoms with van der Waals surface area (Å²) in [6.45, 7) is 1.38. The minimum atomic E-state index is -0.312. The van der Waals surface area contributed by atoms with Crippen molar-refractivity contribution in [1.82, 2.24) is 4.90 Å². The molecule has 1 heterocycles. The molecule has 4 rings (SSSR count). The van der Waals surface area contributed by atoms with Crippen LogP contribution in [0.25, 0.3) is 0 Å². The second-order valence-electron chi connectivity index (χ2n) is 7.94. The van der Waals surface area contributed by atoms with Gasteiger partial charge in [-0.25, -0.2) is 4.39 Å². The van der Waals surface area contributed by atoms with Gasteiger partial charge < -0.3 is 10.6 Å². The summed E-state index contributed by atoms with van der Waals surface area (Å²) in [5, 5.41) is 7.62. The van der Waals surface area contributed by atoms with E-state index in [1.165, 1.54) is 17.7 Å². The molecule has 1 aliphatic heterocycles. The van der Waals surface area contributed by atoms with Gasteiger partial charge in [-0.3, -0.25) is 10.2 Å². The summed E-state index contributed by atoms with van der Waals surface area (Å²) in [6.07, 6.45) is 1.76. The van der Waals surface area contributed by atoms with E-state index >= 15 is 0 Å². The molecule has 0 bridgehead atoms. The molecular weight excluding hydrogens is 401 g/mol. The first-order valence-corrected chi connectivity index (χ1v) is 10.6. The van der Waals surface area contributed by atoms with Crippen LogP contribution in [-0.4, -0.2) is 29.7 Å². The quantitative estimate of drug-likeness (QED) is 0.368. The van der Waals surface area contributed by atoms with Gasteiger partial charge in [-0.15, -0.1) is 0 Å². The van der Waals surface area contributed by atoms with Gasteiger partial charge >= 0.3 is 0 Å². The second-order valence-corrected chi connectivity index (χ2v) is 7.94. The number of halogens is 1. The summed E-state index contributed by atoms with van der Waals surface area (Å²) in [7, 11) is 0. The Morgan fingerprint density at radius 3 is 2.28 bits per heavy atom. The number of hydrogen-bond donors (Lipinski definition) is 2. The van der Waals surface area contributed by atoms with Gasteiger partial charge in [0.1, 0.15) is 11.7 Å². The molecule has 3 aromatic carbocycles. The maximum absolute atomic E-state index is 13.3. The number of likely N-dealkylation sites (tertiary alicyclic amines) is 1. The Morgan fingerprint density at radius 1 is 0.906 bits per heavy atom. The van der Waals surface area contributed by atoms with E-state index in [-0.39, 0.29) is 17.6 Å². The fourth-order valence-corrected chi connectivity index (χ4v) is 3.97. The molecule has 0 unspecified atom stereocenters. The maximum Gasteiger partial charge on any atom is 0.253 e. The maximum atomic E-state index is 13.3. The number of benzene rings is 3. The molecule has 32 heavy (non-hydrogen) atoms. The van der Waals surface area contributed by atoms with Crippen LogP contribution in [0.5, 0.6) is 0 Å². The molecule has 0 atom stereocenters. The summed E-state index contributed by atoms with van der Waals surface area (Å²) < 4.78 is 13.3. The lowest BCUT2D eigenvalue weighted by Crippen LogP contribution is -2.37. The molecule has 1 saturated heterocycles. The number of hydrogen-bond acceptors (Lipinski definition) is 2. The molecule has 0 aliphatic carbocycles. The highest BCUT2D eigenvalue weighted by molar-refractivity contribution is 5.95. The minimum absolute atomic E-state index is 0.0191. The fourth-order valence-electron chi connectivity index (χ4n) is 3.97. The van der Waals surface area contributed by atoms with Crippen molar-refractivity contribution in [2.75, 3.05) is 13.1 Å². The zero-order valence-electron chi connectivity index (χ0n) is 17.6. The van der Waals surface area contributed by atoms with Gasteiger partial charge in [-0.05, 0) is 72.9 Å². The number of nitrogens with two attached hydrogens (primary N) is 1. The van der Waals surface area contributed by atoms with Gasteiger partial charge in [-0.1, -0.05) is 36.1 Å². The largest absolute Gasteiger partial charge is 0.384 e. The molecule has 0 spiro atoms. The lowest BCUT2D eigenvalue weighted by Gasteiger charge is -2.32. The number of nitrogen functional groups attached to an aromatic ring is 1. The first kappa shape index (κ1) is 21.3. The van der Waals surface area contributed by atoms with Crippen molar-refractivity contribution >= 4 is 11.7 Å². The van der Waals surface area contributed by atoms with Gasteiger partial charge in [0.2, 0.25) is 0 Å². The van der Waals surface area contributed by atoms with Crippen LogP contribution in [0.2, 0.25) is 0 Å². The van der Waals surface area contributed by atoms with E-state index in [1.54, 1.807) is 24.3 Å². The topological polar surface area (TPSA) is 70.2 Å². The normalized spacial score (nSPS) is 13.8. The predicted octanol–water partition coefficient (Wildman–Crippen LogP) is 4.53. The Kier molecular flexibility index (Phi) is 6.32. The fraction of sp³-hybridized carbons (Fsp3) is 0.185. The number of nitrogens with one attached hydrogen (secondary N) is 1. The van der Waals surface area contributed by atoms with Gasteiger partial charge in [0.05, 0.1) is 0 Å². The second kappa shape index (κ2) is 9.49. The van der Waals surface area contributed by atoms with Crippen molar-refractivity contribution < 1.29 is 9.18 Å². The number of amidine groups is 1. The first-order valence-electron chi connectivity index (χ1n) is 10.6. The van der Waals surface area contributed by atoms with E-state index in [4.69, 9.17) is 11.1 Å². The Balaban J connectivity index is 1.37. The van der Waals surface area contributed by atoms with Crippen LogP contribution in [0.3, 0.4) is 0 Å². The van der Waals surface area contributed by atoms with E-state index in [0.717, 1.165) is 24.0 Å². The zero-order chi connectivity index (χ0) is 22.5. The third-order valence-corrected chi connectivity index (χ3v) is 5.76. The van der Waals surface area contributed by atoms with Crippen molar-refractivity contribution in [3.8, 4) is 11.8 Å². The van der Waals surface area contributed by atoms with Crippen molar-refractivity contribution in [3.05, 3.63) is 106 Å². The SMILES string of the molecule is N=C(N)c1cccc(C2CCN(C(=O)c3ccc(C#Cc4cccc(F)c4)cc3)CC2)c1. The molecule has 1 fully saturated rings. The molecule has 0 aromatic heterocycles. The number of nitrogens with zero attached hydrogens (tertiary/aromatic N) is 1. The van der Waals surface area contributed by atoms with Gasteiger partial charge in [0, 0.05) is 35.3 Å². The zero-order valence-corrected chi connectivity index (χ0v) is 17.6. The number of carbonyl (C=O) groups excluding carboxylic acids is 1. The first-order chi connectivity index (χ1) is 15.5. The highest BCUT2D eigenvalue weighted by Gasteiger charge is 2.24. The molecule has 1 amide bonds. The summed E-state index contributed by atoms with van der Waals surface area (Å²) >= 11 is 0. The number of carbonyl (C=O) groups is 1. The average molecular weight is 426 g/mol. The van der Waals surface area contributed by atoms with E-state index in [0.29, 0.717) is 30.1 Å². The van der Waals surface area contributed by atoms with E-state index in [9.17, 15) is 9.18 Å². The lowest BCUT2D eigenvalue weighted by atomic mass is 9.88. The van der Waals surface area contributed by atoms with Crippen molar-refractivity contribution in [3.63, 3.8) is 0 Å². The molecular formula is C27H24FN3O. The van der Waals surface area contributed by atoms with Gasteiger partial charge in [0.15, 0.2) is 0 Å². The van der Waals surface area contributed by atoms with Gasteiger partial charge in [0.25, 0.3) is 5.91 Å². The van der Waals surface area contributed by atoms with Crippen molar-refractivity contribution in [1.29, 1.82) is 5.41 Å². The Bertz CT molecular complexity index is 1200. The molecule has 0 radical (unpaired) electrons. The molecule has 5 heteroatoms. The standard InChI is InChI=1S/C27H24FN3O/c28-25-6-1-3-20(17-25)8-7-19-9-11-22(12-10-19)27(32)31-15-13-21(14-16-31)23-4-2-5-24(18-23)26(29)30/h1-6,9-12,17-18,21H,13-16H2,(H3,29,30). The van der Waals surface area contributed by atoms with Crippen molar-refractivity contribution in [2.45, 2.75) is 18.8 Å². The molecule has 1 aliphatic rings. The van der Waals surface area contributed by atoms with Crippen LogP contribution in [0, 0.1) is 23.1 Å². The van der Waals surface area contributed by atoms with Crippen LogP contribution in [0.4, 0.5) is 4.39 Å². The van der Waals surface area contributed by atoms with E-state index < -0.39 is 0 Å². The summed E-state index contributed by atoms with van der Waals surface area (Å²) in [5.74, 6) is 6.08. The summed E-state index contributed by atoms with van der Waals surface area (Å²) in [6, 6.07) is 21.2. The highest BCUT2D eigenvalue weighted by Crippen LogP contribution is 2.29. The molecule has 3 aromatic rings. The van der Waals surface area contributed by atoms with Crippen LogP contribution in [-0.2, 0) is 0 Å². The third kappa shape index (κ3) is 5.04. The Labute approximate surface area is 187 Å². The summed E-state index contributed by atoms with van der Waals surface area (Å²) in [5.41, 5.74) is 9.54. The third-order valence-electron chi connectivity index (χ3n) is 5.76. The number of rotatable bonds is 3. The minimum Gasteiger partial charge on any atom is -0.384 e. The van der Waals surface area contributed by atoms with Crippen molar-refractivity contribution in [2.24, 2.45) is 5.73 Å². The Hall–Kier alpha value is -3.91. The smallest absolute Gasteiger partial charge is 0.253 e. The summed E-state index contributed by atoms with van der Waals surface area (Å²) in [4.78, 5) is 14.8. The monoisotopic (exact) mass is 425 g/mol. The highest BCUT2D eigenvalue weighted by atomic mass is 19.1. The molecule has 0 saturated carbocycles. The van der Waals surface area contributed by atoms with E-state index in [2.05, 4.69) is 17.9 Å². The van der Waals surface area contributed by atoms with Crippen LogP contribution >= 0.6 is 0 Å². The lowest BCUT2D eigenvalue weighted by molar-refractivity contribution is 0.0713. The number of piperidine rings is 1. The molecule has 4 nitrogen and oxygen atoms in total. The number of amides is 1. The van der Waals surface area contributed by atoms with Crippen LogP contribution in [0.1, 0.15) is 51.4 Å². The predicted molar refractivity (Wildman–Crippen MR) is 124 cm³/mol. The molecule has 160 valence electrons. The van der Waals surface area contributed by atoms with E-state index in [1.807, 2.05) is 35.2 Å². The van der Waals surface area contributed by atoms with Crippen LogP contribution < -0.4 is 5.73 Å².